The van der Waals surface area contributed by atoms with Gasteiger partial charge >= 0.3 is 6.01 Å². The van der Waals surface area contributed by atoms with Crippen molar-refractivity contribution in [1.29, 1.82) is 0 Å². The number of imidazole rings is 1. The number of tetrazole rings is 1. The van der Waals surface area contributed by atoms with Gasteiger partial charge in [0.25, 0.3) is 5.95 Å². The summed E-state index contributed by atoms with van der Waals surface area (Å²) in [6.07, 6.45) is 0.989. The average molecular weight is 442 g/mol. The van der Waals surface area contributed by atoms with Gasteiger partial charge in [0.1, 0.15) is 18.2 Å². The van der Waals surface area contributed by atoms with Gasteiger partial charge in [0.2, 0.25) is 5.91 Å². The molecule has 3 heterocycles. The molecule has 0 fully saturated rings. The Morgan fingerprint density at radius 3 is 2.68 bits per heavy atom. The highest BCUT2D eigenvalue weighted by Gasteiger charge is 2.18. The number of nitrogens with zero attached hydrogens (tertiary/aromatic N) is 7. The van der Waals surface area contributed by atoms with Gasteiger partial charge in [0, 0.05) is 13.3 Å². The maximum absolute atomic E-state index is 11.8. The number of ether oxygens (including phenoxy) is 1. The number of fused-ring (bicyclic) bond motifs is 1. The number of hydrogen-bond donors (Lipinski definition) is 1. The van der Waals surface area contributed by atoms with E-state index in [1.807, 2.05) is 24.3 Å². The Morgan fingerprint density at radius 1 is 1.13 bits per heavy atom. The van der Waals surface area contributed by atoms with Crippen LogP contribution in [0.2, 0.25) is 0 Å². The van der Waals surface area contributed by atoms with E-state index in [1.165, 1.54) is 4.68 Å². The summed E-state index contributed by atoms with van der Waals surface area (Å²) >= 11 is 0. The Hall–Kier alpha value is -3.87. The van der Waals surface area contributed by atoms with Crippen molar-refractivity contribution in [2.75, 3.05) is 17.3 Å². The second-order valence-electron chi connectivity index (χ2n) is 6.74. The summed E-state index contributed by atoms with van der Waals surface area (Å²) in [5.74, 6) is -0.630. The Labute approximate surface area is 176 Å². The van der Waals surface area contributed by atoms with Gasteiger partial charge in [-0.3, -0.25) is 4.79 Å². The second-order valence-corrected chi connectivity index (χ2v) is 8.88. The van der Waals surface area contributed by atoms with Crippen molar-refractivity contribution in [1.82, 2.24) is 34.7 Å². The van der Waals surface area contributed by atoms with E-state index in [0.717, 1.165) is 11.8 Å². The molecule has 1 aromatic carbocycles. The standard InChI is InChI=1S/C18H18N8O4S/c1-25-17(22-23-24-25)26-14-8-4-3-7-13(14)20-18(26)30-10-12-6-5-9-15(19-12)21-16(27)11-31(2,28)29/h3-9H,10-11H2,1-2H3,(H,19,21,27). The predicted molar refractivity (Wildman–Crippen MR) is 110 cm³/mol. The van der Waals surface area contributed by atoms with E-state index in [2.05, 4.69) is 30.8 Å². The van der Waals surface area contributed by atoms with Crippen molar-refractivity contribution in [3.8, 4) is 12.0 Å². The number of rotatable bonds is 7. The molecule has 0 saturated heterocycles. The molecule has 1 amide bonds. The molecular weight excluding hydrogens is 424 g/mol. The maximum Gasteiger partial charge on any atom is 0.305 e. The van der Waals surface area contributed by atoms with Gasteiger partial charge < -0.3 is 10.1 Å². The number of anilines is 1. The first-order valence-corrected chi connectivity index (χ1v) is 11.1. The Morgan fingerprint density at radius 2 is 1.94 bits per heavy atom. The lowest BCUT2D eigenvalue weighted by Gasteiger charge is -2.09. The molecule has 13 heteroatoms. The second kappa shape index (κ2) is 8.10. The summed E-state index contributed by atoms with van der Waals surface area (Å²) in [6, 6.07) is 12.7. The lowest BCUT2D eigenvalue weighted by atomic mass is 10.3. The van der Waals surface area contributed by atoms with Crippen LogP contribution in [0.1, 0.15) is 5.69 Å². The zero-order valence-electron chi connectivity index (χ0n) is 16.6. The molecule has 0 aliphatic rings. The van der Waals surface area contributed by atoms with Gasteiger partial charge in [-0.15, -0.1) is 0 Å². The fourth-order valence-corrected chi connectivity index (χ4v) is 3.44. The number of carbonyl (C=O) groups excluding carboxylic acids is 1. The van der Waals surface area contributed by atoms with Crippen molar-refractivity contribution >= 4 is 32.6 Å². The molecule has 1 N–H and O–H groups in total. The smallest absolute Gasteiger partial charge is 0.305 e. The van der Waals surface area contributed by atoms with E-state index in [4.69, 9.17) is 4.74 Å². The first-order valence-electron chi connectivity index (χ1n) is 9.07. The maximum atomic E-state index is 11.8. The number of aromatic nitrogens is 7. The molecule has 0 aliphatic heterocycles. The SMILES string of the molecule is Cn1nnnc1-n1c(OCc2cccc(NC(=O)CS(C)(=O)=O)n2)nc2ccccc21. The molecule has 4 aromatic rings. The normalized spacial score (nSPS) is 11.5. The Balaban J connectivity index is 1.56. The van der Waals surface area contributed by atoms with Gasteiger partial charge in [0.15, 0.2) is 9.84 Å². The first-order chi connectivity index (χ1) is 14.8. The van der Waals surface area contributed by atoms with Crippen LogP contribution in [0, 0.1) is 0 Å². The predicted octanol–water partition coefficient (Wildman–Crippen LogP) is 0.506. The van der Waals surface area contributed by atoms with Crippen LogP contribution >= 0.6 is 0 Å². The quantitative estimate of drug-likeness (QED) is 0.432. The molecule has 0 spiro atoms. The molecular formula is C18H18N8O4S. The van der Waals surface area contributed by atoms with Gasteiger partial charge in [-0.1, -0.05) is 23.3 Å². The molecule has 0 radical (unpaired) electrons. The molecule has 0 aliphatic carbocycles. The highest BCUT2D eigenvalue weighted by Crippen LogP contribution is 2.25. The van der Waals surface area contributed by atoms with Crippen LogP contribution in [-0.4, -0.2) is 61.1 Å². The minimum Gasteiger partial charge on any atom is -0.458 e. The fourth-order valence-electron chi connectivity index (χ4n) is 2.89. The summed E-state index contributed by atoms with van der Waals surface area (Å²) < 4.78 is 31.6. The summed E-state index contributed by atoms with van der Waals surface area (Å²) in [6.45, 7) is 0.0460. The van der Waals surface area contributed by atoms with Crippen molar-refractivity contribution in [3.63, 3.8) is 0 Å². The van der Waals surface area contributed by atoms with E-state index < -0.39 is 21.5 Å². The topological polar surface area (TPSA) is 147 Å². The summed E-state index contributed by atoms with van der Waals surface area (Å²) in [4.78, 5) is 20.6. The Bertz CT molecular complexity index is 1360. The van der Waals surface area contributed by atoms with Crippen LogP contribution in [0.15, 0.2) is 42.5 Å². The lowest BCUT2D eigenvalue weighted by molar-refractivity contribution is -0.113. The van der Waals surface area contributed by atoms with E-state index >= 15 is 0 Å². The van der Waals surface area contributed by atoms with Crippen LogP contribution in [-0.2, 0) is 28.3 Å². The van der Waals surface area contributed by atoms with E-state index in [-0.39, 0.29) is 18.4 Å². The third kappa shape index (κ3) is 4.66. The van der Waals surface area contributed by atoms with E-state index in [0.29, 0.717) is 17.2 Å². The number of carbonyl (C=O) groups is 1. The molecule has 4 rings (SSSR count). The largest absolute Gasteiger partial charge is 0.458 e. The molecule has 12 nitrogen and oxygen atoms in total. The molecule has 160 valence electrons. The molecule has 31 heavy (non-hydrogen) atoms. The van der Waals surface area contributed by atoms with Gasteiger partial charge in [-0.25, -0.2) is 22.7 Å². The monoisotopic (exact) mass is 442 g/mol. The van der Waals surface area contributed by atoms with E-state index in [9.17, 15) is 13.2 Å². The van der Waals surface area contributed by atoms with Crippen molar-refractivity contribution in [3.05, 3.63) is 48.2 Å². The van der Waals surface area contributed by atoms with Crippen LogP contribution in [0.4, 0.5) is 5.82 Å². The van der Waals surface area contributed by atoms with Gasteiger partial charge in [-0.2, -0.15) is 4.98 Å². The summed E-state index contributed by atoms with van der Waals surface area (Å²) in [5.41, 5.74) is 1.98. The van der Waals surface area contributed by atoms with Gasteiger partial charge in [0.05, 0.1) is 16.7 Å². The highest BCUT2D eigenvalue weighted by atomic mass is 32.2. The molecule has 0 saturated carbocycles. The number of amides is 1. The number of sulfone groups is 1. The molecule has 0 unspecified atom stereocenters. The van der Waals surface area contributed by atoms with Crippen LogP contribution < -0.4 is 10.1 Å². The number of aryl methyl sites for hydroxylation is 1. The van der Waals surface area contributed by atoms with Crippen LogP contribution in [0.5, 0.6) is 6.01 Å². The zero-order valence-corrected chi connectivity index (χ0v) is 17.4. The van der Waals surface area contributed by atoms with Crippen LogP contribution in [0.25, 0.3) is 17.0 Å². The third-order valence-corrected chi connectivity index (χ3v) is 4.93. The molecule has 3 aromatic heterocycles. The summed E-state index contributed by atoms with van der Waals surface area (Å²) in [5, 5.41) is 14.0. The van der Waals surface area contributed by atoms with Crippen LogP contribution in [0.3, 0.4) is 0 Å². The number of pyridine rings is 1. The fraction of sp³-hybridized carbons (Fsp3) is 0.222. The molecule has 0 bridgehead atoms. The average Bonchev–Trinajstić information content (AvgIpc) is 3.27. The molecule has 0 atom stereocenters. The van der Waals surface area contributed by atoms with Crippen molar-refractivity contribution in [2.24, 2.45) is 7.05 Å². The summed E-state index contributed by atoms with van der Waals surface area (Å²) in [7, 11) is -1.73. The van der Waals surface area contributed by atoms with Crippen molar-refractivity contribution in [2.45, 2.75) is 6.61 Å². The lowest BCUT2D eigenvalue weighted by Crippen LogP contribution is -2.22. The Kier molecular flexibility index (Phi) is 5.33. The number of para-hydroxylation sites is 2. The third-order valence-electron chi connectivity index (χ3n) is 4.14. The first kappa shape index (κ1) is 20.4. The highest BCUT2D eigenvalue weighted by molar-refractivity contribution is 7.91. The minimum atomic E-state index is -3.44. The minimum absolute atomic E-state index is 0.0460. The van der Waals surface area contributed by atoms with Gasteiger partial charge in [-0.05, 0) is 34.7 Å². The number of hydrogen-bond acceptors (Lipinski definition) is 9. The zero-order chi connectivity index (χ0) is 22.0. The van der Waals surface area contributed by atoms with Crippen molar-refractivity contribution < 1.29 is 17.9 Å². The number of benzene rings is 1. The van der Waals surface area contributed by atoms with E-state index in [1.54, 1.807) is 29.8 Å². The number of nitrogens with one attached hydrogen (secondary N) is 1.